The number of anilines is 1. The summed E-state index contributed by atoms with van der Waals surface area (Å²) in [5.74, 6) is -0.0103. The van der Waals surface area contributed by atoms with Crippen molar-refractivity contribution in [2.75, 3.05) is 5.32 Å². The first-order valence-electron chi connectivity index (χ1n) is 8.09. The lowest BCUT2D eigenvalue weighted by molar-refractivity contribution is 0.0934. The van der Waals surface area contributed by atoms with Crippen LogP contribution in [0.3, 0.4) is 0 Å². The molecule has 25 heavy (non-hydrogen) atoms. The van der Waals surface area contributed by atoms with Crippen LogP contribution in [0.4, 0.5) is 10.5 Å². The number of hydrogen-bond acceptors (Lipinski definition) is 4. The molecule has 8 nitrogen and oxygen atoms in total. The van der Waals surface area contributed by atoms with Crippen molar-refractivity contribution < 1.29 is 9.59 Å². The molecule has 0 aliphatic carbocycles. The van der Waals surface area contributed by atoms with Gasteiger partial charge in [0.2, 0.25) is 0 Å². The fraction of sp³-hybridized carbons (Fsp3) is 0.294. The number of hydrazine groups is 1. The molecular formula is C17H19N5O3. The molecule has 0 saturated heterocycles. The minimum atomic E-state index is -0.700. The van der Waals surface area contributed by atoms with Crippen LogP contribution in [0.25, 0.3) is 0 Å². The third-order valence-electron chi connectivity index (χ3n) is 4.10. The number of para-hydroxylation sites is 1. The highest BCUT2D eigenvalue weighted by molar-refractivity contribution is 5.96. The van der Waals surface area contributed by atoms with Gasteiger partial charge in [-0.3, -0.25) is 19.6 Å². The highest BCUT2D eigenvalue weighted by Crippen LogP contribution is 2.20. The molecule has 1 aromatic heterocycles. The van der Waals surface area contributed by atoms with E-state index in [2.05, 4.69) is 21.2 Å². The molecule has 3 amide bonds. The molecule has 1 aliphatic heterocycles. The molecule has 0 radical (unpaired) electrons. The lowest BCUT2D eigenvalue weighted by atomic mass is 10.1. The van der Waals surface area contributed by atoms with Crippen molar-refractivity contribution in [3.63, 3.8) is 0 Å². The Balaban J connectivity index is 1.67. The highest BCUT2D eigenvalue weighted by Gasteiger charge is 2.22. The van der Waals surface area contributed by atoms with Crippen molar-refractivity contribution in [3.8, 4) is 0 Å². The fourth-order valence-corrected chi connectivity index (χ4v) is 2.85. The molecule has 3 rings (SSSR count). The number of urea groups is 1. The van der Waals surface area contributed by atoms with Gasteiger partial charge >= 0.3 is 6.03 Å². The summed E-state index contributed by atoms with van der Waals surface area (Å²) in [5, 5.41) is 2.56. The first-order chi connectivity index (χ1) is 12.1. The van der Waals surface area contributed by atoms with Crippen molar-refractivity contribution in [2.24, 2.45) is 0 Å². The molecule has 1 atom stereocenters. The lowest BCUT2D eigenvalue weighted by Gasteiger charge is -2.24. The normalized spacial score (nSPS) is 15.8. The van der Waals surface area contributed by atoms with Crippen LogP contribution in [-0.4, -0.2) is 21.5 Å². The zero-order chi connectivity index (χ0) is 17.8. The molecule has 1 unspecified atom stereocenters. The summed E-state index contributed by atoms with van der Waals surface area (Å²) in [6.45, 7) is 1.93. The van der Waals surface area contributed by atoms with Crippen LogP contribution in [0.15, 0.2) is 41.3 Å². The Morgan fingerprint density at radius 2 is 1.96 bits per heavy atom. The first-order valence-corrected chi connectivity index (χ1v) is 8.09. The minimum absolute atomic E-state index is 0.00541. The summed E-state index contributed by atoms with van der Waals surface area (Å²) < 4.78 is 1.56. The molecule has 1 aromatic carbocycles. The summed E-state index contributed by atoms with van der Waals surface area (Å²) in [7, 11) is 0. The number of fused-ring (bicyclic) bond motifs is 1. The van der Waals surface area contributed by atoms with Crippen molar-refractivity contribution >= 4 is 17.6 Å². The Morgan fingerprint density at radius 3 is 2.72 bits per heavy atom. The maximum Gasteiger partial charge on any atom is 0.337 e. The molecule has 0 spiro atoms. The number of rotatable bonds is 2. The van der Waals surface area contributed by atoms with Gasteiger partial charge in [0.15, 0.2) is 0 Å². The summed E-state index contributed by atoms with van der Waals surface area (Å²) in [6.07, 6.45) is 3.83. The summed E-state index contributed by atoms with van der Waals surface area (Å²) in [5.41, 5.74) is 4.54. The number of benzene rings is 1. The average Bonchev–Trinajstić information content (AvgIpc) is 2.61. The van der Waals surface area contributed by atoms with E-state index >= 15 is 0 Å². The van der Waals surface area contributed by atoms with E-state index in [1.807, 2.05) is 13.0 Å². The molecule has 8 heteroatoms. The molecule has 0 bridgehead atoms. The van der Waals surface area contributed by atoms with Crippen molar-refractivity contribution in [1.82, 2.24) is 20.4 Å². The summed E-state index contributed by atoms with van der Waals surface area (Å²) in [4.78, 5) is 40.7. The van der Waals surface area contributed by atoms with E-state index in [1.54, 1.807) is 28.8 Å². The van der Waals surface area contributed by atoms with Gasteiger partial charge in [0.05, 0.1) is 0 Å². The Hall–Kier alpha value is -3.16. The molecule has 1 aliphatic rings. The largest absolute Gasteiger partial charge is 0.337 e. The maximum atomic E-state index is 12.5. The van der Waals surface area contributed by atoms with Gasteiger partial charge < -0.3 is 5.32 Å². The molecule has 2 heterocycles. The SMILES string of the molecule is CC1CCCc2ncc(C(=O)NNC(=O)Nc3ccccc3)c(=O)n21. The molecule has 130 valence electrons. The third-order valence-corrected chi connectivity index (χ3v) is 4.10. The Morgan fingerprint density at radius 1 is 1.20 bits per heavy atom. The predicted molar refractivity (Wildman–Crippen MR) is 92.2 cm³/mol. The number of nitrogens with zero attached hydrogens (tertiary/aromatic N) is 2. The quantitative estimate of drug-likeness (QED) is 0.722. The van der Waals surface area contributed by atoms with Crippen LogP contribution in [0.1, 0.15) is 42.0 Å². The number of aromatic nitrogens is 2. The van der Waals surface area contributed by atoms with Gasteiger partial charge in [0.25, 0.3) is 11.5 Å². The predicted octanol–water partition coefficient (Wildman–Crippen LogP) is 1.61. The number of nitrogens with one attached hydrogen (secondary N) is 3. The van der Waals surface area contributed by atoms with Crippen LogP contribution < -0.4 is 21.7 Å². The third kappa shape index (κ3) is 3.68. The molecule has 0 saturated carbocycles. The van der Waals surface area contributed by atoms with E-state index < -0.39 is 11.9 Å². The second kappa shape index (κ2) is 7.16. The maximum absolute atomic E-state index is 12.5. The number of carbonyl (C=O) groups excluding carboxylic acids is 2. The van der Waals surface area contributed by atoms with Gasteiger partial charge in [0, 0.05) is 24.3 Å². The van der Waals surface area contributed by atoms with E-state index in [-0.39, 0.29) is 17.2 Å². The number of carbonyl (C=O) groups is 2. The smallest absolute Gasteiger partial charge is 0.307 e. The van der Waals surface area contributed by atoms with Gasteiger partial charge in [-0.05, 0) is 31.9 Å². The van der Waals surface area contributed by atoms with Gasteiger partial charge in [-0.15, -0.1) is 0 Å². The van der Waals surface area contributed by atoms with Gasteiger partial charge in [-0.25, -0.2) is 15.2 Å². The van der Waals surface area contributed by atoms with Crippen LogP contribution in [-0.2, 0) is 6.42 Å². The Bertz CT molecular complexity index is 847. The zero-order valence-electron chi connectivity index (χ0n) is 13.8. The second-order valence-electron chi connectivity index (χ2n) is 5.90. The van der Waals surface area contributed by atoms with Crippen LogP contribution >= 0.6 is 0 Å². The molecule has 0 fully saturated rings. The van der Waals surface area contributed by atoms with Crippen molar-refractivity contribution in [3.05, 3.63) is 58.3 Å². The fourth-order valence-electron chi connectivity index (χ4n) is 2.85. The zero-order valence-corrected chi connectivity index (χ0v) is 13.8. The number of aryl methyl sites for hydroxylation is 1. The standard InChI is InChI=1S/C17H19N5O3/c1-11-6-5-9-14-18-10-13(16(24)22(11)14)15(23)20-21-17(25)19-12-7-3-2-4-8-12/h2-4,7-8,10-11H,5-6,9H2,1H3,(H,20,23)(H2,19,21,25). The van der Waals surface area contributed by atoms with Gasteiger partial charge in [-0.2, -0.15) is 0 Å². The van der Waals surface area contributed by atoms with E-state index in [9.17, 15) is 14.4 Å². The van der Waals surface area contributed by atoms with Crippen LogP contribution in [0.5, 0.6) is 0 Å². The number of amides is 3. The van der Waals surface area contributed by atoms with E-state index in [4.69, 9.17) is 0 Å². The second-order valence-corrected chi connectivity index (χ2v) is 5.90. The lowest BCUT2D eigenvalue weighted by Crippen LogP contribution is -2.46. The van der Waals surface area contributed by atoms with E-state index in [1.165, 1.54) is 6.20 Å². The Kier molecular flexibility index (Phi) is 4.78. The van der Waals surface area contributed by atoms with Crippen LogP contribution in [0, 0.1) is 0 Å². The topological polar surface area (TPSA) is 105 Å². The Labute approximate surface area is 144 Å². The average molecular weight is 341 g/mol. The van der Waals surface area contributed by atoms with Gasteiger partial charge in [0.1, 0.15) is 11.4 Å². The molecule has 3 N–H and O–H groups in total. The highest BCUT2D eigenvalue weighted by atomic mass is 16.2. The summed E-state index contributed by atoms with van der Waals surface area (Å²) in [6, 6.07) is 8.18. The van der Waals surface area contributed by atoms with E-state index in [0.717, 1.165) is 19.3 Å². The van der Waals surface area contributed by atoms with Crippen molar-refractivity contribution in [1.29, 1.82) is 0 Å². The van der Waals surface area contributed by atoms with Crippen LogP contribution in [0.2, 0.25) is 0 Å². The minimum Gasteiger partial charge on any atom is -0.307 e. The van der Waals surface area contributed by atoms with Crippen molar-refractivity contribution in [2.45, 2.75) is 32.2 Å². The number of hydrogen-bond donors (Lipinski definition) is 3. The van der Waals surface area contributed by atoms with Gasteiger partial charge in [-0.1, -0.05) is 18.2 Å². The molecule has 2 aromatic rings. The van der Waals surface area contributed by atoms with E-state index in [0.29, 0.717) is 11.5 Å². The molecular weight excluding hydrogens is 322 g/mol. The summed E-state index contributed by atoms with van der Waals surface area (Å²) >= 11 is 0. The first kappa shape index (κ1) is 16.7. The monoisotopic (exact) mass is 341 g/mol.